The number of ether oxygens (including phenoxy) is 1. The summed E-state index contributed by atoms with van der Waals surface area (Å²) >= 11 is 5.95. The highest BCUT2D eigenvalue weighted by molar-refractivity contribution is 6.31. The highest BCUT2D eigenvalue weighted by Gasteiger charge is 2.08. The molecule has 78 valence electrons. The van der Waals surface area contributed by atoms with Crippen molar-refractivity contribution in [1.29, 1.82) is 0 Å². The number of rotatable bonds is 2. The minimum absolute atomic E-state index is 0.0398. The summed E-state index contributed by atoms with van der Waals surface area (Å²) in [5.74, 6) is 0.394. The number of aromatic nitrogens is 2. The first-order chi connectivity index (χ1) is 7.16. The first-order valence-corrected chi connectivity index (χ1v) is 5.13. The van der Waals surface area contributed by atoms with Crippen molar-refractivity contribution in [2.45, 2.75) is 20.0 Å². The zero-order valence-electron chi connectivity index (χ0n) is 8.57. The van der Waals surface area contributed by atoms with Crippen molar-refractivity contribution in [3.63, 3.8) is 0 Å². The first-order valence-electron chi connectivity index (χ1n) is 4.76. The van der Waals surface area contributed by atoms with Crippen LogP contribution >= 0.6 is 11.6 Å². The fourth-order valence-electron chi connectivity index (χ4n) is 1.26. The maximum atomic E-state index is 5.95. The second-order valence-corrected chi connectivity index (χ2v) is 3.83. The molecule has 0 fully saturated rings. The van der Waals surface area contributed by atoms with E-state index in [0.29, 0.717) is 11.0 Å². The molecule has 1 aromatic heterocycles. The van der Waals surface area contributed by atoms with Crippen molar-refractivity contribution < 1.29 is 4.74 Å². The molecule has 0 aliphatic rings. The molecule has 0 atom stereocenters. The molecule has 0 spiro atoms. The van der Waals surface area contributed by atoms with Gasteiger partial charge in [-0.2, -0.15) is 0 Å². The smallest absolute Gasteiger partial charge is 0.253 e. The summed E-state index contributed by atoms with van der Waals surface area (Å²) in [5, 5.41) is 0.308. The maximum absolute atomic E-state index is 5.95. The topological polar surface area (TPSA) is 35.0 Å². The van der Waals surface area contributed by atoms with Crippen LogP contribution in [0.15, 0.2) is 24.3 Å². The normalized spacial score (nSPS) is 10.9. The van der Waals surface area contributed by atoms with Gasteiger partial charge >= 0.3 is 0 Å². The predicted molar refractivity (Wildman–Crippen MR) is 60.3 cm³/mol. The van der Waals surface area contributed by atoms with Gasteiger partial charge in [0.05, 0.1) is 17.1 Å². The van der Waals surface area contributed by atoms with Gasteiger partial charge in [-0.3, -0.25) is 0 Å². The highest BCUT2D eigenvalue weighted by atomic mass is 35.5. The third-order valence-corrected chi connectivity index (χ3v) is 2.09. The number of nitrogens with zero attached hydrogens (tertiary/aromatic N) is 2. The molecule has 0 radical (unpaired) electrons. The monoisotopic (exact) mass is 222 g/mol. The van der Waals surface area contributed by atoms with Crippen molar-refractivity contribution in [1.82, 2.24) is 9.97 Å². The van der Waals surface area contributed by atoms with Gasteiger partial charge in [-0.05, 0) is 26.0 Å². The van der Waals surface area contributed by atoms with Gasteiger partial charge < -0.3 is 4.74 Å². The summed E-state index contributed by atoms with van der Waals surface area (Å²) in [6.07, 6.45) is 0.0398. The standard InChI is InChI=1S/C11H11ClN2O/c1-7(2)15-11-10(12)13-8-5-3-4-6-9(8)14-11/h3-7H,1-2H3. The summed E-state index contributed by atoms with van der Waals surface area (Å²) in [5.41, 5.74) is 1.57. The lowest BCUT2D eigenvalue weighted by atomic mass is 10.3. The summed E-state index contributed by atoms with van der Waals surface area (Å²) in [6.45, 7) is 3.85. The SMILES string of the molecule is CC(C)Oc1nc2ccccc2nc1Cl. The van der Waals surface area contributed by atoms with Crippen LogP contribution in [-0.2, 0) is 0 Å². The van der Waals surface area contributed by atoms with Crippen molar-refractivity contribution in [2.24, 2.45) is 0 Å². The zero-order valence-corrected chi connectivity index (χ0v) is 9.32. The molecule has 0 aliphatic heterocycles. The van der Waals surface area contributed by atoms with Crippen LogP contribution in [0.1, 0.15) is 13.8 Å². The number of fused-ring (bicyclic) bond motifs is 1. The van der Waals surface area contributed by atoms with Crippen LogP contribution in [0, 0.1) is 0 Å². The van der Waals surface area contributed by atoms with Crippen LogP contribution in [0.4, 0.5) is 0 Å². The van der Waals surface area contributed by atoms with Gasteiger partial charge in [-0.25, -0.2) is 9.97 Å². The number of hydrogen-bond donors (Lipinski definition) is 0. The Kier molecular flexibility index (Phi) is 2.73. The van der Waals surface area contributed by atoms with Crippen molar-refractivity contribution in [3.8, 4) is 5.88 Å². The van der Waals surface area contributed by atoms with Gasteiger partial charge in [0, 0.05) is 0 Å². The molecule has 2 aromatic rings. The maximum Gasteiger partial charge on any atom is 0.253 e. The van der Waals surface area contributed by atoms with E-state index >= 15 is 0 Å². The van der Waals surface area contributed by atoms with Crippen LogP contribution in [-0.4, -0.2) is 16.1 Å². The van der Waals surface area contributed by atoms with Crippen molar-refractivity contribution in [3.05, 3.63) is 29.4 Å². The number of hydrogen-bond acceptors (Lipinski definition) is 3. The van der Waals surface area contributed by atoms with Crippen LogP contribution in [0.3, 0.4) is 0 Å². The Bertz CT molecular complexity index is 485. The van der Waals surface area contributed by atoms with E-state index in [-0.39, 0.29) is 6.10 Å². The van der Waals surface area contributed by atoms with Gasteiger partial charge in [0.2, 0.25) is 0 Å². The van der Waals surface area contributed by atoms with Gasteiger partial charge in [0.1, 0.15) is 0 Å². The van der Waals surface area contributed by atoms with Gasteiger partial charge in [-0.15, -0.1) is 0 Å². The number of para-hydroxylation sites is 2. The van der Waals surface area contributed by atoms with Crippen molar-refractivity contribution in [2.75, 3.05) is 0 Å². The number of halogens is 1. The lowest BCUT2D eigenvalue weighted by Gasteiger charge is -2.09. The summed E-state index contributed by atoms with van der Waals surface area (Å²) in [6, 6.07) is 7.56. The van der Waals surface area contributed by atoms with Gasteiger partial charge in [-0.1, -0.05) is 23.7 Å². The molecule has 1 aromatic carbocycles. The molecule has 0 bridgehead atoms. The molecular formula is C11H11ClN2O. The van der Waals surface area contributed by atoms with E-state index in [4.69, 9.17) is 16.3 Å². The Morgan fingerprint density at radius 3 is 2.33 bits per heavy atom. The molecular weight excluding hydrogens is 212 g/mol. The summed E-state index contributed by atoms with van der Waals surface area (Å²) in [4.78, 5) is 8.50. The molecule has 4 heteroatoms. The average Bonchev–Trinajstić information content (AvgIpc) is 2.18. The van der Waals surface area contributed by atoms with E-state index in [1.807, 2.05) is 38.1 Å². The van der Waals surface area contributed by atoms with Crippen LogP contribution < -0.4 is 4.74 Å². The van der Waals surface area contributed by atoms with E-state index in [9.17, 15) is 0 Å². The molecule has 0 N–H and O–H groups in total. The molecule has 0 saturated heterocycles. The third-order valence-electron chi connectivity index (χ3n) is 1.85. The Morgan fingerprint density at radius 1 is 1.13 bits per heavy atom. The third kappa shape index (κ3) is 2.18. The minimum Gasteiger partial charge on any atom is -0.473 e. The largest absolute Gasteiger partial charge is 0.473 e. The van der Waals surface area contributed by atoms with E-state index in [1.54, 1.807) is 0 Å². The van der Waals surface area contributed by atoms with E-state index in [0.717, 1.165) is 11.0 Å². The van der Waals surface area contributed by atoms with E-state index in [2.05, 4.69) is 9.97 Å². The predicted octanol–water partition coefficient (Wildman–Crippen LogP) is 3.07. The second-order valence-electron chi connectivity index (χ2n) is 3.47. The molecule has 1 heterocycles. The second kappa shape index (κ2) is 4.03. The van der Waals surface area contributed by atoms with E-state index < -0.39 is 0 Å². The lowest BCUT2D eigenvalue weighted by Crippen LogP contribution is -2.08. The zero-order chi connectivity index (χ0) is 10.8. The molecule has 0 unspecified atom stereocenters. The minimum atomic E-state index is 0.0398. The molecule has 15 heavy (non-hydrogen) atoms. The fourth-order valence-corrected chi connectivity index (χ4v) is 1.44. The fraction of sp³-hybridized carbons (Fsp3) is 0.273. The van der Waals surface area contributed by atoms with Crippen molar-refractivity contribution >= 4 is 22.6 Å². The lowest BCUT2D eigenvalue weighted by molar-refractivity contribution is 0.233. The van der Waals surface area contributed by atoms with Gasteiger partial charge in [0.25, 0.3) is 5.88 Å². The highest BCUT2D eigenvalue weighted by Crippen LogP contribution is 2.23. The average molecular weight is 223 g/mol. The number of benzene rings is 1. The molecule has 0 aliphatic carbocycles. The Hall–Kier alpha value is -1.35. The van der Waals surface area contributed by atoms with E-state index in [1.165, 1.54) is 0 Å². The van der Waals surface area contributed by atoms with Gasteiger partial charge in [0.15, 0.2) is 5.15 Å². The van der Waals surface area contributed by atoms with Crippen LogP contribution in [0.2, 0.25) is 5.15 Å². The Morgan fingerprint density at radius 2 is 1.73 bits per heavy atom. The van der Waals surface area contributed by atoms with Crippen LogP contribution in [0.5, 0.6) is 5.88 Å². The Balaban J connectivity index is 2.52. The first kappa shape index (κ1) is 10.2. The van der Waals surface area contributed by atoms with Crippen LogP contribution in [0.25, 0.3) is 11.0 Å². The molecule has 0 saturated carbocycles. The summed E-state index contributed by atoms with van der Waals surface area (Å²) < 4.78 is 5.45. The quantitative estimate of drug-likeness (QED) is 0.783. The molecule has 0 amide bonds. The molecule has 3 nitrogen and oxygen atoms in total. The Labute approximate surface area is 93.1 Å². The summed E-state index contributed by atoms with van der Waals surface area (Å²) in [7, 11) is 0. The molecule has 2 rings (SSSR count).